The molecule has 100 valence electrons. The van der Waals surface area contributed by atoms with Crippen LogP contribution in [0.2, 0.25) is 5.15 Å². The van der Waals surface area contributed by atoms with Crippen LogP contribution in [0.15, 0.2) is 12.1 Å². The number of rotatable bonds is 6. The second kappa shape index (κ2) is 7.21. The number of unbranched alkanes of at least 4 members (excludes halogenated alkanes) is 1. The summed E-state index contributed by atoms with van der Waals surface area (Å²) in [6.07, 6.45) is 3.29. The number of nitrogens with zero attached hydrogens (tertiary/aromatic N) is 1. The van der Waals surface area contributed by atoms with Crippen molar-refractivity contribution in [1.82, 2.24) is 10.3 Å². The van der Waals surface area contributed by atoms with Crippen molar-refractivity contribution in [2.24, 2.45) is 5.92 Å². The molecule has 1 aromatic rings. The van der Waals surface area contributed by atoms with Crippen LogP contribution in [0.1, 0.15) is 43.5 Å². The lowest BCUT2D eigenvalue weighted by Gasteiger charge is -2.07. The van der Waals surface area contributed by atoms with Gasteiger partial charge in [0.25, 0.3) is 5.91 Å². The zero-order valence-electron chi connectivity index (χ0n) is 10.9. The van der Waals surface area contributed by atoms with Crippen molar-refractivity contribution in [3.63, 3.8) is 0 Å². The van der Waals surface area contributed by atoms with Crippen molar-refractivity contribution in [3.8, 4) is 0 Å². The lowest BCUT2D eigenvalue weighted by molar-refractivity contribution is 0.0953. The van der Waals surface area contributed by atoms with E-state index in [0.29, 0.717) is 18.0 Å². The van der Waals surface area contributed by atoms with Gasteiger partial charge >= 0.3 is 0 Å². The Kier molecular flexibility index (Phi) is 5.92. The maximum absolute atomic E-state index is 11.8. The van der Waals surface area contributed by atoms with Crippen LogP contribution in [0.5, 0.6) is 0 Å². The molecule has 0 atom stereocenters. The number of carbonyl (C=O) groups is 1. The van der Waals surface area contributed by atoms with Crippen LogP contribution in [-0.4, -0.2) is 17.4 Å². The molecule has 0 aliphatic rings. The highest BCUT2D eigenvalue weighted by atomic mass is 35.5. The van der Waals surface area contributed by atoms with E-state index < -0.39 is 0 Å². The second-order valence-corrected chi connectivity index (χ2v) is 5.14. The standard InChI is InChI=1S/C13H20ClN3O/c1-9(2)5-3-4-6-16-13(18)10-7-11(14)17-12(15)8-10/h7-9H,3-6H2,1-2H3,(H2,15,17)(H,16,18). The topological polar surface area (TPSA) is 68.0 Å². The van der Waals surface area contributed by atoms with Crippen molar-refractivity contribution < 1.29 is 4.79 Å². The summed E-state index contributed by atoms with van der Waals surface area (Å²) in [4.78, 5) is 15.6. The molecule has 0 aliphatic carbocycles. The number of hydrogen-bond donors (Lipinski definition) is 2. The van der Waals surface area contributed by atoms with Gasteiger partial charge in [-0.1, -0.05) is 38.3 Å². The molecule has 0 spiro atoms. The quantitative estimate of drug-likeness (QED) is 0.616. The largest absolute Gasteiger partial charge is 0.384 e. The van der Waals surface area contributed by atoms with E-state index in [1.54, 1.807) is 0 Å². The number of nitrogen functional groups attached to an aromatic ring is 1. The SMILES string of the molecule is CC(C)CCCCNC(=O)c1cc(N)nc(Cl)c1. The molecule has 1 aromatic heterocycles. The Balaban J connectivity index is 2.36. The van der Waals surface area contributed by atoms with Gasteiger partial charge in [0.1, 0.15) is 11.0 Å². The van der Waals surface area contributed by atoms with Crippen LogP contribution in [0.25, 0.3) is 0 Å². The minimum atomic E-state index is -0.157. The highest BCUT2D eigenvalue weighted by molar-refractivity contribution is 6.29. The molecular formula is C13H20ClN3O. The number of hydrogen-bond acceptors (Lipinski definition) is 3. The number of aromatic nitrogens is 1. The Morgan fingerprint density at radius 3 is 2.78 bits per heavy atom. The summed E-state index contributed by atoms with van der Waals surface area (Å²) in [7, 11) is 0. The fourth-order valence-electron chi connectivity index (χ4n) is 1.63. The maximum Gasteiger partial charge on any atom is 0.251 e. The highest BCUT2D eigenvalue weighted by Gasteiger charge is 2.07. The fourth-order valence-corrected chi connectivity index (χ4v) is 1.84. The summed E-state index contributed by atoms with van der Waals surface area (Å²) in [6.45, 7) is 5.06. The van der Waals surface area contributed by atoms with Gasteiger partial charge in [-0.05, 0) is 24.5 Å². The van der Waals surface area contributed by atoms with Gasteiger partial charge in [0.05, 0.1) is 0 Å². The number of nitrogens with one attached hydrogen (secondary N) is 1. The summed E-state index contributed by atoms with van der Waals surface area (Å²) in [5.41, 5.74) is 5.99. The molecule has 0 bridgehead atoms. The Labute approximate surface area is 113 Å². The van der Waals surface area contributed by atoms with Crippen molar-refractivity contribution >= 4 is 23.3 Å². The first-order chi connectivity index (χ1) is 8.49. The van der Waals surface area contributed by atoms with E-state index in [0.717, 1.165) is 12.8 Å². The van der Waals surface area contributed by atoms with Crippen LogP contribution in [0.4, 0.5) is 5.82 Å². The van der Waals surface area contributed by atoms with E-state index in [2.05, 4.69) is 24.1 Å². The highest BCUT2D eigenvalue weighted by Crippen LogP contribution is 2.12. The zero-order chi connectivity index (χ0) is 13.5. The summed E-state index contributed by atoms with van der Waals surface area (Å²) in [5, 5.41) is 3.08. The lowest BCUT2D eigenvalue weighted by Crippen LogP contribution is -2.24. The third-order valence-corrected chi connectivity index (χ3v) is 2.76. The Morgan fingerprint density at radius 2 is 2.17 bits per heavy atom. The van der Waals surface area contributed by atoms with E-state index in [1.165, 1.54) is 18.6 Å². The van der Waals surface area contributed by atoms with Gasteiger partial charge in [0.15, 0.2) is 0 Å². The zero-order valence-corrected chi connectivity index (χ0v) is 11.6. The van der Waals surface area contributed by atoms with Crippen molar-refractivity contribution in [2.45, 2.75) is 33.1 Å². The molecular weight excluding hydrogens is 250 g/mol. The molecule has 5 heteroatoms. The Bertz CT molecular complexity index is 387. The first-order valence-corrected chi connectivity index (χ1v) is 6.58. The summed E-state index contributed by atoms with van der Waals surface area (Å²) in [5.74, 6) is 0.808. The van der Waals surface area contributed by atoms with E-state index in [4.69, 9.17) is 17.3 Å². The molecule has 3 N–H and O–H groups in total. The molecule has 0 unspecified atom stereocenters. The first-order valence-electron chi connectivity index (χ1n) is 6.20. The average Bonchev–Trinajstić information content (AvgIpc) is 2.26. The van der Waals surface area contributed by atoms with Crippen LogP contribution >= 0.6 is 11.6 Å². The molecule has 0 aromatic carbocycles. The molecule has 0 fully saturated rings. The molecule has 0 aliphatic heterocycles. The summed E-state index contributed by atoms with van der Waals surface area (Å²) >= 11 is 5.74. The smallest absolute Gasteiger partial charge is 0.251 e. The van der Waals surface area contributed by atoms with Gasteiger partial charge in [-0.2, -0.15) is 0 Å². The predicted molar refractivity (Wildman–Crippen MR) is 74.7 cm³/mol. The third kappa shape index (κ3) is 5.36. The Hall–Kier alpha value is -1.29. The number of anilines is 1. The minimum Gasteiger partial charge on any atom is -0.384 e. The van der Waals surface area contributed by atoms with Gasteiger partial charge in [-0.25, -0.2) is 4.98 Å². The predicted octanol–water partition coefficient (Wildman–Crippen LogP) is 2.87. The van der Waals surface area contributed by atoms with Gasteiger partial charge < -0.3 is 11.1 Å². The second-order valence-electron chi connectivity index (χ2n) is 4.75. The van der Waals surface area contributed by atoms with Crippen LogP contribution < -0.4 is 11.1 Å². The minimum absolute atomic E-state index is 0.157. The number of carbonyl (C=O) groups excluding carboxylic acids is 1. The van der Waals surface area contributed by atoms with Crippen molar-refractivity contribution in [1.29, 1.82) is 0 Å². The summed E-state index contributed by atoms with van der Waals surface area (Å²) < 4.78 is 0. The number of pyridine rings is 1. The van der Waals surface area contributed by atoms with Gasteiger partial charge in [0, 0.05) is 12.1 Å². The number of halogens is 1. The molecule has 1 rings (SSSR count). The van der Waals surface area contributed by atoms with E-state index in [9.17, 15) is 4.79 Å². The maximum atomic E-state index is 11.8. The first kappa shape index (κ1) is 14.8. The van der Waals surface area contributed by atoms with E-state index in [1.807, 2.05) is 0 Å². The normalized spacial score (nSPS) is 10.7. The number of amides is 1. The average molecular weight is 270 g/mol. The molecule has 18 heavy (non-hydrogen) atoms. The van der Waals surface area contributed by atoms with E-state index in [-0.39, 0.29) is 16.9 Å². The van der Waals surface area contributed by atoms with Crippen LogP contribution in [0.3, 0.4) is 0 Å². The van der Waals surface area contributed by atoms with Gasteiger partial charge in [-0.15, -0.1) is 0 Å². The van der Waals surface area contributed by atoms with Crippen molar-refractivity contribution in [3.05, 3.63) is 22.8 Å². The Morgan fingerprint density at radius 1 is 1.44 bits per heavy atom. The van der Waals surface area contributed by atoms with Crippen LogP contribution in [0, 0.1) is 5.92 Å². The molecule has 0 radical (unpaired) electrons. The molecule has 1 heterocycles. The van der Waals surface area contributed by atoms with Gasteiger partial charge in [-0.3, -0.25) is 4.79 Å². The van der Waals surface area contributed by atoms with Crippen LogP contribution in [-0.2, 0) is 0 Å². The lowest BCUT2D eigenvalue weighted by atomic mass is 10.1. The fraction of sp³-hybridized carbons (Fsp3) is 0.538. The number of nitrogens with two attached hydrogens (primary N) is 1. The molecule has 1 amide bonds. The third-order valence-electron chi connectivity index (χ3n) is 2.57. The molecule has 0 saturated carbocycles. The van der Waals surface area contributed by atoms with E-state index >= 15 is 0 Å². The molecule has 4 nitrogen and oxygen atoms in total. The molecule has 0 saturated heterocycles. The van der Waals surface area contributed by atoms with Gasteiger partial charge in [0.2, 0.25) is 0 Å². The summed E-state index contributed by atoms with van der Waals surface area (Å²) in [6, 6.07) is 3.04. The van der Waals surface area contributed by atoms with Crippen molar-refractivity contribution in [2.75, 3.05) is 12.3 Å². The monoisotopic (exact) mass is 269 g/mol.